The number of likely N-dealkylation sites (tertiary alicyclic amines) is 1. The molecule has 0 aliphatic carbocycles. The van der Waals surface area contributed by atoms with Crippen molar-refractivity contribution in [2.75, 3.05) is 32.1 Å². The lowest BCUT2D eigenvalue weighted by atomic mass is 9.83. The molecule has 4 nitrogen and oxygen atoms in total. The molecule has 0 saturated carbocycles. The quantitative estimate of drug-likeness (QED) is 0.842. The van der Waals surface area contributed by atoms with Crippen LogP contribution in [-0.2, 0) is 16.9 Å². The van der Waals surface area contributed by atoms with E-state index in [1.165, 1.54) is 11.1 Å². The average molecular weight is 336 g/mol. The lowest BCUT2D eigenvalue weighted by Gasteiger charge is -2.39. The van der Waals surface area contributed by atoms with Gasteiger partial charge in [-0.3, -0.25) is 4.79 Å². The lowest BCUT2D eigenvalue weighted by Crippen LogP contribution is -2.45. The Morgan fingerprint density at radius 3 is 2.40 bits per heavy atom. The highest BCUT2D eigenvalue weighted by Crippen LogP contribution is 2.44. The van der Waals surface area contributed by atoms with E-state index in [0.717, 1.165) is 37.2 Å². The minimum atomic E-state index is -0.192. The van der Waals surface area contributed by atoms with Gasteiger partial charge in [0.2, 0.25) is 0 Å². The van der Waals surface area contributed by atoms with E-state index in [9.17, 15) is 4.79 Å². The van der Waals surface area contributed by atoms with Gasteiger partial charge in [0.05, 0.1) is 12.2 Å². The van der Waals surface area contributed by atoms with E-state index in [1.54, 1.807) is 0 Å². The number of hydrogen-bond donors (Lipinski definition) is 0. The Kier molecular flexibility index (Phi) is 4.00. The molecule has 1 fully saturated rings. The van der Waals surface area contributed by atoms with E-state index in [2.05, 4.69) is 24.3 Å². The topological polar surface area (TPSA) is 32.8 Å². The van der Waals surface area contributed by atoms with Crippen LogP contribution in [0.1, 0.15) is 34.3 Å². The van der Waals surface area contributed by atoms with E-state index in [0.29, 0.717) is 6.61 Å². The van der Waals surface area contributed by atoms with Gasteiger partial charge >= 0.3 is 0 Å². The van der Waals surface area contributed by atoms with Crippen molar-refractivity contribution in [3.8, 4) is 0 Å². The van der Waals surface area contributed by atoms with Crippen LogP contribution in [0.5, 0.6) is 0 Å². The Hall–Kier alpha value is -2.33. The van der Waals surface area contributed by atoms with E-state index < -0.39 is 0 Å². The van der Waals surface area contributed by atoms with Gasteiger partial charge in [-0.15, -0.1) is 0 Å². The highest BCUT2D eigenvalue weighted by atomic mass is 16.5. The van der Waals surface area contributed by atoms with Gasteiger partial charge in [-0.2, -0.15) is 0 Å². The fourth-order valence-electron chi connectivity index (χ4n) is 3.95. The fraction of sp³-hybridized carbons (Fsp3) is 0.381. The van der Waals surface area contributed by atoms with Crippen LogP contribution in [0.25, 0.3) is 0 Å². The molecule has 0 N–H and O–H groups in total. The van der Waals surface area contributed by atoms with Crippen molar-refractivity contribution in [1.29, 1.82) is 0 Å². The van der Waals surface area contributed by atoms with Crippen LogP contribution in [0.4, 0.5) is 5.69 Å². The normalized spacial score (nSPS) is 18.2. The number of hydrogen-bond acceptors (Lipinski definition) is 3. The first-order valence-corrected chi connectivity index (χ1v) is 8.88. The molecule has 2 heterocycles. The predicted octanol–water partition coefficient (Wildman–Crippen LogP) is 3.41. The summed E-state index contributed by atoms with van der Waals surface area (Å²) in [5, 5.41) is 0. The molecule has 0 unspecified atom stereocenters. The van der Waals surface area contributed by atoms with Crippen LogP contribution in [0.15, 0.2) is 48.5 Å². The van der Waals surface area contributed by atoms with Gasteiger partial charge in [0.25, 0.3) is 5.91 Å². The van der Waals surface area contributed by atoms with Crippen LogP contribution in [0.3, 0.4) is 0 Å². The number of ether oxygens (including phenoxy) is 1. The smallest absolute Gasteiger partial charge is 0.253 e. The van der Waals surface area contributed by atoms with Crippen LogP contribution in [-0.4, -0.2) is 38.0 Å². The zero-order chi connectivity index (χ0) is 17.4. The zero-order valence-corrected chi connectivity index (χ0v) is 14.9. The Morgan fingerprint density at radius 1 is 1.04 bits per heavy atom. The molecule has 2 aliphatic heterocycles. The summed E-state index contributed by atoms with van der Waals surface area (Å²) in [5.41, 5.74) is 4.28. The molecule has 0 radical (unpaired) electrons. The number of rotatable bonds is 2. The van der Waals surface area contributed by atoms with Crippen molar-refractivity contribution < 1.29 is 9.53 Å². The molecule has 1 amide bonds. The maximum Gasteiger partial charge on any atom is 0.253 e. The van der Waals surface area contributed by atoms with Crippen LogP contribution in [0, 0.1) is 0 Å². The highest BCUT2D eigenvalue weighted by molar-refractivity contribution is 5.94. The molecular weight excluding hydrogens is 312 g/mol. The first-order chi connectivity index (χ1) is 12.1. The Labute approximate surface area is 149 Å². The van der Waals surface area contributed by atoms with Gasteiger partial charge < -0.3 is 14.5 Å². The molecule has 0 bridgehead atoms. The second-order valence-corrected chi connectivity index (χ2v) is 7.17. The number of carbonyl (C=O) groups excluding carboxylic acids is 1. The van der Waals surface area contributed by atoms with E-state index >= 15 is 0 Å². The van der Waals surface area contributed by atoms with E-state index in [-0.39, 0.29) is 11.5 Å². The molecular formula is C21H24N2O2. The second-order valence-electron chi connectivity index (χ2n) is 7.17. The van der Waals surface area contributed by atoms with Crippen molar-refractivity contribution >= 4 is 11.6 Å². The molecule has 0 aromatic heterocycles. The third kappa shape index (κ3) is 2.81. The number of piperidine rings is 1. The molecule has 130 valence electrons. The monoisotopic (exact) mass is 336 g/mol. The van der Waals surface area contributed by atoms with Gasteiger partial charge in [-0.1, -0.05) is 24.3 Å². The van der Waals surface area contributed by atoms with Crippen LogP contribution in [0.2, 0.25) is 0 Å². The minimum Gasteiger partial charge on any atom is -0.378 e. The summed E-state index contributed by atoms with van der Waals surface area (Å²) in [4.78, 5) is 16.8. The summed E-state index contributed by atoms with van der Waals surface area (Å²) in [5.74, 6) is 0.117. The second kappa shape index (κ2) is 6.19. The number of anilines is 1. The van der Waals surface area contributed by atoms with Crippen molar-refractivity contribution in [2.24, 2.45) is 0 Å². The average Bonchev–Trinajstić information content (AvgIpc) is 3.01. The summed E-state index contributed by atoms with van der Waals surface area (Å²) >= 11 is 0. The van der Waals surface area contributed by atoms with Crippen LogP contribution >= 0.6 is 0 Å². The lowest BCUT2D eigenvalue weighted by molar-refractivity contribution is -0.0741. The third-order valence-electron chi connectivity index (χ3n) is 5.50. The molecule has 0 atom stereocenters. The first kappa shape index (κ1) is 16.2. The van der Waals surface area contributed by atoms with Crippen molar-refractivity contribution in [3.05, 3.63) is 65.2 Å². The zero-order valence-electron chi connectivity index (χ0n) is 14.9. The van der Waals surface area contributed by atoms with Gasteiger partial charge in [0.15, 0.2) is 0 Å². The van der Waals surface area contributed by atoms with Crippen LogP contribution < -0.4 is 4.90 Å². The Bertz CT molecular complexity index is 775. The molecule has 25 heavy (non-hydrogen) atoms. The van der Waals surface area contributed by atoms with E-state index in [1.807, 2.05) is 48.2 Å². The van der Waals surface area contributed by atoms with Gasteiger partial charge in [0.1, 0.15) is 0 Å². The number of benzene rings is 2. The van der Waals surface area contributed by atoms with Crippen molar-refractivity contribution in [2.45, 2.75) is 25.0 Å². The van der Waals surface area contributed by atoms with Gasteiger partial charge in [-0.05, 0) is 48.2 Å². The third-order valence-corrected chi connectivity index (χ3v) is 5.50. The minimum absolute atomic E-state index is 0.117. The maximum atomic E-state index is 12.8. The van der Waals surface area contributed by atoms with Gasteiger partial charge in [-0.25, -0.2) is 0 Å². The number of fused-ring (bicyclic) bond motifs is 2. The summed E-state index contributed by atoms with van der Waals surface area (Å²) in [6.45, 7) is 2.17. The van der Waals surface area contributed by atoms with Gasteiger partial charge in [0, 0.05) is 38.4 Å². The van der Waals surface area contributed by atoms with E-state index in [4.69, 9.17) is 4.74 Å². The number of amides is 1. The van der Waals surface area contributed by atoms with Crippen molar-refractivity contribution in [3.63, 3.8) is 0 Å². The standard InChI is InChI=1S/C21H24N2O2/c1-22(2)18-9-7-16(8-10-18)20(24)23-13-11-21(12-14-23)19-6-4-3-5-17(19)15-25-21/h3-10H,11-15H2,1-2H3. The SMILES string of the molecule is CN(C)c1ccc(C(=O)N2CCC3(CC2)OCc2ccccc23)cc1. The fourth-order valence-corrected chi connectivity index (χ4v) is 3.95. The molecule has 4 rings (SSSR count). The Morgan fingerprint density at radius 2 is 1.72 bits per heavy atom. The summed E-state index contributed by atoms with van der Waals surface area (Å²) < 4.78 is 6.18. The molecule has 4 heteroatoms. The predicted molar refractivity (Wildman–Crippen MR) is 98.8 cm³/mol. The molecule has 1 saturated heterocycles. The largest absolute Gasteiger partial charge is 0.378 e. The highest BCUT2D eigenvalue weighted by Gasteiger charge is 2.43. The number of nitrogens with zero attached hydrogens (tertiary/aromatic N) is 2. The van der Waals surface area contributed by atoms with Crippen molar-refractivity contribution in [1.82, 2.24) is 4.90 Å². The number of carbonyl (C=O) groups is 1. The summed E-state index contributed by atoms with van der Waals surface area (Å²) in [6.07, 6.45) is 1.73. The summed E-state index contributed by atoms with van der Waals surface area (Å²) in [7, 11) is 4.00. The first-order valence-electron chi connectivity index (χ1n) is 8.88. The maximum absolute atomic E-state index is 12.8. The summed E-state index contributed by atoms with van der Waals surface area (Å²) in [6, 6.07) is 16.3. The Balaban J connectivity index is 1.46. The molecule has 2 aromatic carbocycles. The molecule has 2 aromatic rings. The molecule has 2 aliphatic rings. The molecule has 1 spiro atoms.